The lowest BCUT2D eigenvalue weighted by Gasteiger charge is -2.19. The molecule has 9 nitrogen and oxygen atoms in total. The maximum atomic E-state index is 11.9. The number of pyridine rings is 2. The minimum atomic E-state index is -0.135. The fraction of sp³-hybridized carbons (Fsp3) is 0.258. The van der Waals surface area contributed by atoms with Crippen LogP contribution in [0.5, 0.6) is 0 Å². The monoisotopic (exact) mass is 532 g/mol. The summed E-state index contributed by atoms with van der Waals surface area (Å²) in [7, 11) is 1.73. The molecule has 0 aliphatic carbocycles. The van der Waals surface area contributed by atoms with Gasteiger partial charge in [0.1, 0.15) is 11.6 Å². The molecule has 0 aliphatic heterocycles. The molecule has 6 aromatic rings. The predicted molar refractivity (Wildman–Crippen MR) is 159 cm³/mol. The average Bonchev–Trinajstić information content (AvgIpc) is 3.51. The fourth-order valence-corrected chi connectivity index (χ4v) is 5.12. The van der Waals surface area contributed by atoms with Crippen molar-refractivity contribution in [1.82, 2.24) is 34.4 Å². The lowest BCUT2D eigenvalue weighted by atomic mass is 9.87. The van der Waals surface area contributed by atoms with Crippen LogP contribution < -0.4 is 10.6 Å². The number of rotatable bonds is 6. The minimum Gasteiger partial charge on any atom is -0.311 e. The lowest BCUT2D eigenvalue weighted by Crippen LogP contribution is -2.25. The van der Waals surface area contributed by atoms with Crippen molar-refractivity contribution in [3.63, 3.8) is 0 Å². The van der Waals surface area contributed by atoms with Gasteiger partial charge in [-0.05, 0) is 60.0 Å². The fourth-order valence-electron chi connectivity index (χ4n) is 5.12. The summed E-state index contributed by atoms with van der Waals surface area (Å²) in [6.07, 6.45) is 4.45. The lowest BCUT2D eigenvalue weighted by molar-refractivity contribution is -0.115. The zero-order valence-electron chi connectivity index (χ0n) is 23.4. The summed E-state index contributed by atoms with van der Waals surface area (Å²) < 4.78 is 4.29. The van der Waals surface area contributed by atoms with Crippen molar-refractivity contribution in [2.24, 2.45) is 0 Å². The first-order valence-corrected chi connectivity index (χ1v) is 13.5. The molecule has 0 saturated carbocycles. The number of imidazole rings is 1. The van der Waals surface area contributed by atoms with Crippen LogP contribution in [0.25, 0.3) is 44.5 Å². The molecule has 0 radical (unpaired) electrons. The highest BCUT2D eigenvalue weighted by Gasteiger charge is 2.21. The van der Waals surface area contributed by atoms with Crippen LogP contribution in [-0.4, -0.2) is 48.6 Å². The van der Waals surface area contributed by atoms with Crippen molar-refractivity contribution >= 4 is 39.4 Å². The van der Waals surface area contributed by atoms with Gasteiger partial charge in [0.05, 0.1) is 29.3 Å². The van der Waals surface area contributed by atoms with Crippen molar-refractivity contribution in [1.29, 1.82) is 0 Å². The first kappa shape index (κ1) is 25.6. The molecule has 202 valence electrons. The van der Waals surface area contributed by atoms with Crippen LogP contribution in [0, 0.1) is 0 Å². The summed E-state index contributed by atoms with van der Waals surface area (Å²) in [5, 5.41) is 15.7. The van der Waals surface area contributed by atoms with Crippen molar-refractivity contribution in [2.75, 3.05) is 18.9 Å². The van der Waals surface area contributed by atoms with E-state index in [0.717, 1.165) is 56.8 Å². The van der Waals surface area contributed by atoms with Gasteiger partial charge >= 0.3 is 0 Å². The first-order valence-electron chi connectivity index (χ1n) is 13.5. The molecule has 2 N–H and O–H groups in total. The summed E-state index contributed by atoms with van der Waals surface area (Å²) in [5.74, 6) is 2.03. The molecule has 0 aliphatic rings. The third kappa shape index (κ3) is 4.38. The molecule has 0 spiro atoms. The number of amides is 1. The Hall–Kier alpha value is -4.63. The third-order valence-corrected chi connectivity index (χ3v) is 7.21. The average molecular weight is 533 g/mol. The van der Waals surface area contributed by atoms with Crippen molar-refractivity contribution < 1.29 is 4.79 Å². The molecule has 0 fully saturated rings. The van der Waals surface area contributed by atoms with E-state index < -0.39 is 0 Å². The van der Waals surface area contributed by atoms with E-state index in [4.69, 9.17) is 4.98 Å². The SMILES string of the molecule is CCc1nnc2n(-c3ccc(C(C)(C)C)cc3)c3c4cc(-c5ccc(NC(=O)CNC)nc5)ccc4ncc3n12. The molecule has 4 aromatic heterocycles. The Morgan fingerprint density at radius 2 is 1.70 bits per heavy atom. The van der Waals surface area contributed by atoms with Crippen LogP contribution in [0.2, 0.25) is 0 Å². The van der Waals surface area contributed by atoms with Crippen molar-refractivity contribution in [2.45, 2.75) is 39.5 Å². The van der Waals surface area contributed by atoms with Crippen LogP contribution in [-0.2, 0) is 16.6 Å². The molecule has 0 unspecified atom stereocenters. The molecule has 0 bridgehead atoms. The summed E-state index contributed by atoms with van der Waals surface area (Å²) >= 11 is 0. The number of fused-ring (bicyclic) bond motifs is 5. The number of carbonyl (C=O) groups excluding carboxylic acids is 1. The Bertz CT molecular complexity index is 1860. The zero-order chi connectivity index (χ0) is 28.0. The third-order valence-electron chi connectivity index (χ3n) is 7.21. The van der Waals surface area contributed by atoms with Gasteiger partial charge in [-0.3, -0.25) is 18.7 Å². The number of nitrogens with one attached hydrogen (secondary N) is 2. The number of hydrogen-bond donors (Lipinski definition) is 2. The van der Waals surface area contributed by atoms with E-state index in [1.54, 1.807) is 13.2 Å². The molecule has 9 heteroatoms. The van der Waals surface area contributed by atoms with E-state index in [0.29, 0.717) is 5.82 Å². The van der Waals surface area contributed by atoms with Crippen molar-refractivity contribution in [3.05, 3.63) is 78.4 Å². The minimum absolute atomic E-state index is 0.0572. The van der Waals surface area contributed by atoms with Crippen LogP contribution in [0.1, 0.15) is 39.1 Å². The highest BCUT2D eigenvalue weighted by Crippen LogP contribution is 2.34. The summed E-state index contributed by atoms with van der Waals surface area (Å²) in [4.78, 5) is 21.2. The predicted octanol–water partition coefficient (Wildman–Crippen LogP) is 5.30. The van der Waals surface area contributed by atoms with Gasteiger partial charge in [0, 0.05) is 29.3 Å². The molecule has 0 atom stereocenters. The van der Waals surface area contributed by atoms with E-state index in [2.05, 4.69) is 92.8 Å². The van der Waals surface area contributed by atoms with Gasteiger partial charge in [0.25, 0.3) is 0 Å². The van der Waals surface area contributed by atoms with Crippen LogP contribution in [0.3, 0.4) is 0 Å². The quantitative estimate of drug-likeness (QED) is 0.302. The number of anilines is 1. The van der Waals surface area contributed by atoms with Crippen LogP contribution in [0.4, 0.5) is 5.82 Å². The molecule has 6 rings (SSSR count). The number of aryl methyl sites for hydroxylation is 1. The molecular weight excluding hydrogens is 500 g/mol. The van der Waals surface area contributed by atoms with E-state index in [9.17, 15) is 4.79 Å². The summed E-state index contributed by atoms with van der Waals surface area (Å²) in [6, 6.07) is 18.7. The highest BCUT2D eigenvalue weighted by molar-refractivity contribution is 6.06. The summed E-state index contributed by atoms with van der Waals surface area (Å²) in [5.41, 5.74) is 7.17. The first-order chi connectivity index (χ1) is 19.3. The van der Waals surface area contributed by atoms with E-state index in [1.165, 1.54) is 5.56 Å². The Morgan fingerprint density at radius 3 is 2.38 bits per heavy atom. The van der Waals surface area contributed by atoms with Gasteiger partial charge in [0.15, 0.2) is 0 Å². The molecule has 1 amide bonds. The van der Waals surface area contributed by atoms with Gasteiger partial charge in [-0.15, -0.1) is 10.2 Å². The number of benzene rings is 2. The van der Waals surface area contributed by atoms with Gasteiger partial charge < -0.3 is 10.6 Å². The molecule has 2 aromatic carbocycles. The number of aromatic nitrogens is 6. The Kier molecular flexibility index (Phi) is 6.31. The Morgan fingerprint density at radius 1 is 0.925 bits per heavy atom. The van der Waals surface area contributed by atoms with Gasteiger partial charge in [0.2, 0.25) is 11.7 Å². The largest absolute Gasteiger partial charge is 0.311 e. The van der Waals surface area contributed by atoms with Gasteiger partial charge in [-0.25, -0.2) is 4.98 Å². The van der Waals surface area contributed by atoms with Gasteiger partial charge in [-0.2, -0.15) is 0 Å². The second-order valence-electron chi connectivity index (χ2n) is 11.0. The Labute approximate surface area is 232 Å². The van der Waals surface area contributed by atoms with Crippen LogP contribution in [0.15, 0.2) is 67.0 Å². The van der Waals surface area contributed by atoms with E-state index in [-0.39, 0.29) is 17.9 Å². The Balaban J connectivity index is 1.53. The van der Waals surface area contributed by atoms with Gasteiger partial charge in [-0.1, -0.05) is 45.9 Å². The number of carbonyl (C=O) groups is 1. The molecule has 40 heavy (non-hydrogen) atoms. The van der Waals surface area contributed by atoms with E-state index in [1.807, 2.05) is 30.5 Å². The molecule has 0 saturated heterocycles. The normalized spacial score (nSPS) is 12.0. The van der Waals surface area contributed by atoms with E-state index >= 15 is 0 Å². The molecule has 4 heterocycles. The number of hydrogen-bond acceptors (Lipinski definition) is 6. The number of nitrogens with zero attached hydrogens (tertiary/aromatic N) is 6. The number of likely N-dealkylation sites (N-methyl/N-ethyl adjacent to an activating group) is 1. The second-order valence-corrected chi connectivity index (χ2v) is 11.0. The summed E-state index contributed by atoms with van der Waals surface area (Å²) in [6.45, 7) is 8.97. The highest BCUT2D eigenvalue weighted by atomic mass is 16.1. The van der Waals surface area contributed by atoms with Crippen molar-refractivity contribution in [3.8, 4) is 16.8 Å². The zero-order valence-corrected chi connectivity index (χ0v) is 23.4. The molecular formula is C31H32N8O. The topological polar surface area (TPSA) is 102 Å². The smallest absolute Gasteiger partial charge is 0.241 e. The standard InChI is InChI=1S/C31H32N8O/c1-6-27-36-37-30-38(22-11-9-21(10-12-22)31(2,3)4)29-23-15-19(7-13-24(23)33-17-25(29)39(27)30)20-8-14-26(34-16-20)35-28(40)18-32-5/h7-17,32H,6,18H2,1-5H3,(H,34,35,40). The second kappa shape index (κ2) is 9.84. The maximum absolute atomic E-state index is 11.9. The maximum Gasteiger partial charge on any atom is 0.241 e. The van der Waals surface area contributed by atoms with Crippen LogP contribution >= 0.6 is 0 Å².